The van der Waals surface area contributed by atoms with Crippen molar-refractivity contribution in [3.8, 4) is 0 Å². The number of alkyl carbamates (subject to hydrolysis) is 1. The summed E-state index contributed by atoms with van der Waals surface area (Å²) in [7, 11) is 1.37. The third kappa shape index (κ3) is 10.6. The van der Waals surface area contributed by atoms with Gasteiger partial charge in [-0.3, -0.25) is 18.7 Å². The number of carbonyl (C=O) groups excluding carboxylic acids is 1. The van der Waals surface area contributed by atoms with E-state index in [0.717, 1.165) is 62.6 Å². The number of halogens is 2. The van der Waals surface area contributed by atoms with Gasteiger partial charge in [-0.15, -0.1) is 0 Å². The van der Waals surface area contributed by atoms with E-state index in [1.54, 1.807) is 16.2 Å². The van der Waals surface area contributed by atoms with E-state index in [4.69, 9.17) is 24.2 Å². The van der Waals surface area contributed by atoms with Crippen molar-refractivity contribution >= 4 is 101 Å². The lowest BCUT2D eigenvalue weighted by atomic mass is 9.87. The van der Waals surface area contributed by atoms with Crippen molar-refractivity contribution in [1.29, 1.82) is 0 Å². The first-order valence-corrected chi connectivity index (χ1v) is 32.8. The van der Waals surface area contributed by atoms with E-state index < -0.39 is 27.8 Å². The van der Waals surface area contributed by atoms with Crippen LogP contribution in [0.5, 0.6) is 0 Å². The number of hydrogen-bond acceptors (Lipinski definition) is 10. The van der Waals surface area contributed by atoms with E-state index in [1.807, 2.05) is 49.3 Å². The predicted molar refractivity (Wildman–Crippen MR) is 278 cm³/mol. The summed E-state index contributed by atoms with van der Waals surface area (Å²) in [5.41, 5.74) is 0.869. The van der Waals surface area contributed by atoms with Gasteiger partial charge in [-0.2, -0.15) is 9.97 Å². The molecule has 8 heterocycles. The molecule has 4 aromatic rings. The van der Waals surface area contributed by atoms with Crippen LogP contribution in [0.2, 0.25) is 51.4 Å². The van der Waals surface area contributed by atoms with Crippen LogP contribution in [0.15, 0.2) is 22.0 Å². The lowest BCUT2D eigenvalue weighted by Gasteiger charge is -2.28. The first kappa shape index (κ1) is 49.4. The predicted octanol–water partition coefficient (Wildman–Crippen LogP) is 8.71. The van der Waals surface area contributed by atoms with Crippen LogP contribution in [-0.2, 0) is 41.8 Å². The Bertz CT molecular complexity index is 2470. The van der Waals surface area contributed by atoms with E-state index in [9.17, 15) is 14.4 Å². The molecule has 4 saturated heterocycles. The Morgan fingerprint density at radius 3 is 1.64 bits per heavy atom. The topological polar surface area (TPSA) is 143 Å². The highest BCUT2D eigenvalue weighted by Crippen LogP contribution is 2.45. The Hall–Kier alpha value is -2.48. The molecule has 15 nitrogen and oxygen atoms in total. The van der Waals surface area contributed by atoms with Crippen molar-refractivity contribution in [2.45, 2.75) is 173 Å². The highest BCUT2D eigenvalue weighted by molar-refractivity contribution is 14.1. The number of ether oxygens (including phenoxy) is 3. The number of carbonyl (C=O) groups is 1. The molecule has 354 valence electrons. The average Bonchev–Trinajstić information content (AvgIpc) is 4.05. The van der Waals surface area contributed by atoms with Gasteiger partial charge in [0.25, 0.3) is 11.1 Å². The summed E-state index contributed by atoms with van der Waals surface area (Å²) in [6.07, 6.45) is 11.2. The van der Waals surface area contributed by atoms with Gasteiger partial charge in [-0.05, 0) is 122 Å². The molecular formula is C45H71I2N9O6Si2. The molecule has 0 unspecified atom stereocenters. The molecule has 19 heteroatoms. The van der Waals surface area contributed by atoms with E-state index in [2.05, 4.69) is 107 Å². The largest absolute Gasteiger partial charge is 0.444 e. The minimum atomic E-state index is -1.18. The number of amides is 1. The standard InChI is InChI=1S/C24H38IN5O4Si.C21H33IN4O2Si/c1-24(2,3)34-23(32)26-17-12-15-8-9-18(17)30(15)22-27-20-19(21(31)28(22)4)16(25)13-29(20)14-33-10-11-35(5,6)7;1-6-14-11-15-7-8-17(14)26(15)21-23-19-18(20(27)24(21)2)16(22)12-25(19)13-28-9-10-29(3,4)5/h13,15,17-18H,8-12,14H2,1-7H3,(H,26,32);12,14-15,17H,6-11,13H2,1-5H3/t15-,17+,18+;14-,15+,17-/m01/s1. The highest BCUT2D eigenvalue weighted by atomic mass is 127. The fourth-order valence-electron chi connectivity index (χ4n) is 10.0. The van der Waals surface area contributed by atoms with Crippen LogP contribution < -0.4 is 26.2 Å². The Kier molecular flexibility index (Phi) is 14.9. The zero-order chi connectivity index (χ0) is 46.6. The van der Waals surface area contributed by atoms with Gasteiger partial charge in [-0.1, -0.05) is 52.6 Å². The highest BCUT2D eigenvalue weighted by Gasteiger charge is 2.49. The molecule has 4 aliphatic heterocycles. The fourth-order valence-corrected chi connectivity index (χ4v) is 13.2. The Balaban J connectivity index is 0.000000195. The third-order valence-electron chi connectivity index (χ3n) is 13.4. The summed E-state index contributed by atoms with van der Waals surface area (Å²) in [5, 5.41) is 4.40. The zero-order valence-electron chi connectivity index (χ0n) is 40.1. The summed E-state index contributed by atoms with van der Waals surface area (Å²) in [6, 6.07) is 3.55. The number of fused-ring (bicyclic) bond motifs is 6. The second-order valence-electron chi connectivity index (χ2n) is 21.8. The smallest absolute Gasteiger partial charge is 0.407 e. The van der Waals surface area contributed by atoms with E-state index in [0.29, 0.717) is 54.5 Å². The zero-order valence-corrected chi connectivity index (χ0v) is 46.4. The van der Waals surface area contributed by atoms with Crippen LogP contribution in [-0.4, -0.2) is 99.5 Å². The van der Waals surface area contributed by atoms with Crippen molar-refractivity contribution in [2.75, 3.05) is 23.0 Å². The van der Waals surface area contributed by atoms with Crippen LogP contribution in [0.3, 0.4) is 0 Å². The van der Waals surface area contributed by atoms with Crippen LogP contribution in [0, 0.1) is 13.1 Å². The summed E-state index contributed by atoms with van der Waals surface area (Å²) in [6.45, 7) is 24.2. The van der Waals surface area contributed by atoms with Crippen molar-refractivity contribution < 1.29 is 19.0 Å². The molecule has 1 amide bonds. The van der Waals surface area contributed by atoms with Gasteiger partial charge < -0.3 is 38.5 Å². The summed E-state index contributed by atoms with van der Waals surface area (Å²) >= 11 is 4.45. The Labute approximate surface area is 407 Å². The van der Waals surface area contributed by atoms with Gasteiger partial charge in [0, 0.05) is 81.1 Å². The molecule has 0 saturated carbocycles. The number of nitrogens with zero attached hydrogens (tertiary/aromatic N) is 8. The Morgan fingerprint density at radius 2 is 1.20 bits per heavy atom. The van der Waals surface area contributed by atoms with Gasteiger partial charge in [0.05, 0.1) is 22.9 Å². The van der Waals surface area contributed by atoms with E-state index >= 15 is 0 Å². The molecule has 0 spiro atoms. The molecular weight excluding hydrogens is 1070 g/mol. The maximum atomic E-state index is 13.4. The molecule has 4 aliphatic rings. The maximum absolute atomic E-state index is 13.4. The lowest BCUT2D eigenvalue weighted by Crippen LogP contribution is -2.46. The molecule has 0 radical (unpaired) electrons. The van der Waals surface area contributed by atoms with Gasteiger partial charge >= 0.3 is 6.09 Å². The normalized spacial score (nSPS) is 23.2. The van der Waals surface area contributed by atoms with Gasteiger partial charge in [-0.25, -0.2) is 4.79 Å². The summed E-state index contributed by atoms with van der Waals surface area (Å²) in [5.74, 6) is 2.21. The van der Waals surface area contributed by atoms with Crippen LogP contribution in [0.25, 0.3) is 22.1 Å². The minimum absolute atomic E-state index is 0.0342. The summed E-state index contributed by atoms with van der Waals surface area (Å²) in [4.78, 5) is 53.8. The second kappa shape index (κ2) is 19.3. The molecule has 6 atom stereocenters. The first-order valence-electron chi connectivity index (χ1n) is 23.2. The van der Waals surface area contributed by atoms with Gasteiger partial charge in [0.15, 0.2) is 11.3 Å². The number of hydrogen-bond donors (Lipinski definition) is 1. The van der Waals surface area contributed by atoms with E-state index in [1.165, 1.54) is 25.7 Å². The fraction of sp³-hybridized carbons (Fsp3) is 0.711. The summed E-state index contributed by atoms with van der Waals surface area (Å²) < 4.78 is 26.6. The molecule has 4 bridgehead atoms. The second-order valence-corrected chi connectivity index (χ2v) is 35.4. The van der Waals surface area contributed by atoms with Crippen LogP contribution >= 0.6 is 45.2 Å². The SMILES string of the molecule is CC[C@@H]1C[C@@H]2CC[C@H]1N2c1nc2c(c(I)cn2COCC[Si](C)(C)C)c(=O)n1C.Cn1c(N2[C@H]3CC[C@@H]2[C@H](NC(=O)OC(C)(C)C)C3)nc2c(c(I)cn2COCC[Si](C)(C)C)c1=O. The third-order valence-corrected chi connectivity index (χ3v) is 18.4. The lowest BCUT2D eigenvalue weighted by molar-refractivity contribution is 0.0497. The number of aromatic nitrogens is 6. The molecule has 0 aliphatic carbocycles. The maximum Gasteiger partial charge on any atom is 0.407 e. The van der Waals surface area contributed by atoms with Crippen molar-refractivity contribution in [3.63, 3.8) is 0 Å². The Morgan fingerprint density at radius 1 is 0.750 bits per heavy atom. The molecule has 1 N–H and O–H groups in total. The average molecular weight is 1140 g/mol. The van der Waals surface area contributed by atoms with Crippen molar-refractivity contribution in [3.05, 3.63) is 40.2 Å². The number of anilines is 2. The van der Waals surface area contributed by atoms with Crippen molar-refractivity contribution in [1.82, 2.24) is 33.6 Å². The molecule has 8 rings (SSSR count). The molecule has 4 fully saturated rings. The quantitative estimate of drug-likeness (QED) is 0.0741. The number of rotatable bonds is 14. The van der Waals surface area contributed by atoms with Gasteiger partial charge in [0.2, 0.25) is 11.9 Å². The van der Waals surface area contributed by atoms with Crippen molar-refractivity contribution in [2.24, 2.45) is 20.0 Å². The van der Waals surface area contributed by atoms with Crippen LogP contribution in [0.1, 0.15) is 72.6 Å². The van der Waals surface area contributed by atoms with Crippen LogP contribution in [0.4, 0.5) is 16.7 Å². The molecule has 4 aromatic heterocycles. The first-order chi connectivity index (χ1) is 30.0. The molecule has 0 aromatic carbocycles. The molecule has 64 heavy (non-hydrogen) atoms. The van der Waals surface area contributed by atoms with Gasteiger partial charge in [0.1, 0.15) is 19.1 Å². The minimum Gasteiger partial charge on any atom is -0.444 e. The van der Waals surface area contributed by atoms with E-state index in [-0.39, 0.29) is 29.2 Å². The number of nitrogens with one attached hydrogen (secondary N) is 1. The monoisotopic (exact) mass is 1140 g/mol.